The molecule has 0 aliphatic heterocycles. The molecule has 0 saturated carbocycles. The molecule has 0 bridgehead atoms. The van der Waals surface area contributed by atoms with Gasteiger partial charge in [-0.1, -0.05) is 159 Å². The Bertz CT molecular complexity index is 845. The Balaban J connectivity index is -0.000000135. The molecule has 0 saturated heterocycles. The highest BCUT2D eigenvalue weighted by Crippen LogP contribution is 2.14. The van der Waals surface area contributed by atoms with E-state index in [2.05, 4.69) is 27.7 Å². The molecule has 434 valence electrons. The van der Waals surface area contributed by atoms with Crippen LogP contribution in [0.3, 0.4) is 0 Å². The fraction of sp³-hybridized carbons (Fsp3) is 1.00. The molecule has 0 fully saturated rings. The zero-order valence-electron chi connectivity index (χ0n) is 48.1. The fourth-order valence-electron chi connectivity index (χ4n) is 6.17. The lowest BCUT2D eigenvalue weighted by molar-refractivity contribution is -0.00797. The molecular formula is C56H126O14. The summed E-state index contributed by atoms with van der Waals surface area (Å²) in [5, 5.41) is 127. The normalized spacial score (nSPS) is 16.4. The van der Waals surface area contributed by atoms with Crippen LogP contribution in [-0.4, -0.2) is 157 Å². The second-order valence-corrected chi connectivity index (χ2v) is 19.5. The van der Waals surface area contributed by atoms with Crippen LogP contribution in [0.2, 0.25) is 0 Å². The van der Waals surface area contributed by atoms with Gasteiger partial charge in [-0.05, 0) is 118 Å². The van der Waals surface area contributed by atoms with Crippen LogP contribution in [-0.2, 0) is 0 Å². The predicted octanol–water partition coefficient (Wildman–Crippen LogP) is 9.16. The largest absolute Gasteiger partial charge is 0.393 e. The van der Waals surface area contributed by atoms with Gasteiger partial charge in [0.2, 0.25) is 0 Å². The number of hydrogen-bond donors (Lipinski definition) is 14. The van der Waals surface area contributed by atoms with E-state index in [-0.39, 0.29) is 24.4 Å². The summed E-state index contributed by atoms with van der Waals surface area (Å²) in [5.74, 6) is 0. The maximum Gasteiger partial charge on any atom is 0.0799 e. The third-order valence-corrected chi connectivity index (χ3v) is 11.6. The standard InChI is InChI=1S/C14H30O2.C8H18O4.2C8H18O2.C8H18O.C5H12O2.C5H12O/c1-3-5-7-9-11-13(15)14(16)12-10-8-6-4-2;1-5(9)7(11)3-4-8(12)6(2)10;1-7(9)5-3-4-6-8(2)10;1-3-5-7(9)8(10)6-4-2;1-3-5-7-8(9)6-4-2;1-3-5(7)4(2)6;1-3-5(6)4-2/h13-16H,3-12H2,1-2H3;5-12H,3-4H2,1-2H3;2*7-10H,3-6H2,1-2H3;8-9H,3-7H2,1-2H3;4-7H,3H2,1-2H3;5-6H,3-4H2,1-2H3. The van der Waals surface area contributed by atoms with Gasteiger partial charge in [-0.2, -0.15) is 0 Å². The molecule has 70 heavy (non-hydrogen) atoms. The molecule has 0 aromatic carbocycles. The third kappa shape index (κ3) is 76.4. The molecule has 14 nitrogen and oxygen atoms in total. The first-order valence-electron chi connectivity index (χ1n) is 28.3. The second kappa shape index (κ2) is 64.6. The van der Waals surface area contributed by atoms with Gasteiger partial charge in [0.15, 0.2) is 0 Å². The van der Waals surface area contributed by atoms with Crippen LogP contribution in [0.4, 0.5) is 0 Å². The Hall–Kier alpha value is -0.560. The van der Waals surface area contributed by atoms with Crippen molar-refractivity contribution in [3.8, 4) is 0 Å². The molecule has 0 rings (SSSR count). The Labute approximate surface area is 432 Å². The van der Waals surface area contributed by atoms with Crippen LogP contribution >= 0.6 is 0 Å². The van der Waals surface area contributed by atoms with E-state index in [4.69, 9.17) is 46.0 Å². The van der Waals surface area contributed by atoms with E-state index >= 15 is 0 Å². The molecule has 0 aromatic heterocycles. The van der Waals surface area contributed by atoms with Crippen molar-refractivity contribution in [3.05, 3.63) is 0 Å². The average Bonchev–Trinajstić information content (AvgIpc) is 3.32. The van der Waals surface area contributed by atoms with Gasteiger partial charge < -0.3 is 71.5 Å². The number of unbranched alkanes of at least 4 members (excludes halogenated alkanes) is 8. The van der Waals surface area contributed by atoms with Crippen molar-refractivity contribution in [2.45, 2.75) is 362 Å². The summed E-state index contributed by atoms with van der Waals surface area (Å²) < 4.78 is 0. The van der Waals surface area contributed by atoms with Crippen molar-refractivity contribution in [1.82, 2.24) is 0 Å². The molecule has 14 N–H and O–H groups in total. The topological polar surface area (TPSA) is 283 Å². The smallest absolute Gasteiger partial charge is 0.0799 e. The molecule has 0 radical (unpaired) electrons. The molecule has 0 spiro atoms. The first-order valence-corrected chi connectivity index (χ1v) is 28.3. The van der Waals surface area contributed by atoms with Gasteiger partial charge in [0.25, 0.3) is 0 Å². The van der Waals surface area contributed by atoms with E-state index < -0.39 is 61.0 Å². The summed E-state index contributed by atoms with van der Waals surface area (Å²) in [6.07, 6.45) is 19.5. The maximum absolute atomic E-state index is 9.72. The number of hydrogen-bond acceptors (Lipinski definition) is 14. The lowest BCUT2D eigenvalue weighted by atomic mass is 10.0. The van der Waals surface area contributed by atoms with Gasteiger partial charge in [0.1, 0.15) is 0 Å². The summed E-state index contributed by atoms with van der Waals surface area (Å²) >= 11 is 0. The van der Waals surface area contributed by atoms with Crippen molar-refractivity contribution >= 4 is 0 Å². The van der Waals surface area contributed by atoms with Gasteiger partial charge in [-0.3, -0.25) is 0 Å². The summed E-state index contributed by atoms with van der Waals surface area (Å²) in [6, 6.07) is 0. The molecule has 13 unspecified atom stereocenters. The minimum atomic E-state index is -0.821. The monoisotopic (exact) mass is 1020 g/mol. The Morgan fingerprint density at radius 1 is 0.214 bits per heavy atom. The minimum absolute atomic E-state index is 0.0325. The summed E-state index contributed by atoms with van der Waals surface area (Å²) in [4.78, 5) is 0. The Morgan fingerprint density at radius 3 is 0.729 bits per heavy atom. The number of aliphatic hydroxyl groups excluding tert-OH is 14. The van der Waals surface area contributed by atoms with Gasteiger partial charge >= 0.3 is 0 Å². The highest BCUT2D eigenvalue weighted by Gasteiger charge is 2.17. The van der Waals surface area contributed by atoms with Crippen LogP contribution < -0.4 is 0 Å². The zero-order valence-corrected chi connectivity index (χ0v) is 48.1. The van der Waals surface area contributed by atoms with Gasteiger partial charge in [0.05, 0.1) is 85.5 Å². The molecule has 13 atom stereocenters. The summed E-state index contributed by atoms with van der Waals surface area (Å²) in [5.41, 5.74) is 0. The molecule has 0 amide bonds. The van der Waals surface area contributed by atoms with Crippen molar-refractivity contribution in [2.24, 2.45) is 0 Å². The van der Waals surface area contributed by atoms with Crippen molar-refractivity contribution in [1.29, 1.82) is 0 Å². The van der Waals surface area contributed by atoms with E-state index in [1.807, 2.05) is 34.6 Å². The Kier molecular flexibility index (Phi) is 76.9. The predicted molar refractivity (Wildman–Crippen MR) is 293 cm³/mol. The molecule has 14 heteroatoms. The fourth-order valence-corrected chi connectivity index (χ4v) is 6.17. The highest BCUT2D eigenvalue weighted by atomic mass is 16.3. The first kappa shape index (κ1) is 83.4. The van der Waals surface area contributed by atoms with E-state index in [1.54, 1.807) is 20.8 Å². The van der Waals surface area contributed by atoms with Gasteiger partial charge in [0, 0.05) is 0 Å². The van der Waals surface area contributed by atoms with Crippen molar-refractivity contribution in [3.63, 3.8) is 0 Å². The van der Waals surface area contributed by atoms with E-state index in [0.717, 1.165) is 96.3 Å². The highest BCUT2D eigenvalue weighted by molar-refractivity contribution is 4.69. The lowest BCUT2D eigenvalue weighted by Gasteiger charge is -2.17. The van der Waals surface area contributed by atoms with Gasteiger partial charge in [-0.25, -0.2) is 0 Å². The molecular weight excluding hydrogens is 897 g/mol. The van der Waals surface area contributed by atoms with Crippen LogP contribution in [0.15, 0.2) is 0 Å². The first-order chi connectivity index (χ1) is 32.8. The summed E-state index contributed by atoms with van der Waals surface area (Å²) in [6.45, 7) is 26.5. The molecule has 0 aliphatic carbocycles. The molecule has 0 aromatic rings. The summed E-state index contributed by atoms with van der Waals surface area (Å²) in [7, 11) is 0. The third-order valence-electron chi connectivity index (χ3n) is 11.6. The maximum atomic E-state index is 9.72. The van der Waals surface area contributed by atoms with Crippen LogP contribution in [0.1, 0.15) is 277 Å². The van der Waals surface area contributed by atoms with Crippen LogP contribution in [0.5, 0.6) is 0 Å². The zero-order chi connectivity index (χ0) is 55.9. The van der Waals surface area contributed by atoms with Crippen molar-refractivity contribution in [2.75, 3.05) is 0 Å². The van der Waals surface area contributed by atoms with E-state index in [1.165, 1.54) is 65.2 Å². The van der Waals surface area contributed by atoms with E-state index in [0.29, 0.717) is 32.1 Å². The number of rotatable bonds is 35. The van der Waals surface area contributed by atoms with Gasteiger partial charge in [-0.15, -0.1) is 0 Å². The Morgan fingerprint density at radius 2 is 0.514 bits per heavy atom. The van der Waals surface area contributed by atoms with E-state index in [9.17, 15) is 25.5 Å². The quantitative estimate of drug-likeness (QED) is 0.0264. The lowest BCUT2D eigenvalue weighted by Crippen LogP contribution is -2.28. The molecule has 0 heterocycles. The second-order valence-electron chi connectivity index (χ2n) is 19.5. The minimum Gasteiger partial charge on any atom is -0.393 e. The molecule has 0 aliphatic rings. The SMILES string of the molecule is CC(O)C(O)CCC(O)C(C)O.CC(O)CCCCC(C)O.CCC(O)C(C)O.CCC(O)CC.CCCC(O)C(O)CCC.CCCCC(O)CCC.CCCCCCC(O)C(O)CCCCCC. The van der Waals surface area contributed by atoms with Crippen molar-refractivity contribution < 1.29 is 71.5 Å². The van der Waals surface area contributed by atoms with Crippen LogP contribution in [0.25, 0.3) is 0 Å². The number of aliphatic hydroxyl groups is 14. The van der Waals surface area contributed by atoms with Crippen LogP contribution in [0, 0.1) is 0 Å². The average molecular weight is 1020 g/mol.